The molecule has 1 aromatic heterocycles. The van der Waals surface area contributed by atoms with Gasteiger partial charge in [0.25, 0.3) is 0 Å². The second-order valence-electron chi connectivity index (χ2n) is 6.14. The Kier molecular flexibility index (Phi) is 2.61. The lowest BCUT2D eigenvalue weighted by atomic mass is 9.83. The van der Waals surface area contributed by atoms with Crippen molar-refractivity contribution in [2.75, 3.05) is 0 Å². The van der Waals surface area contributed by atoms with Crippen molar-refractivity contribution in [3.8, 4) is 0 Å². The molecule has 102 valence electrons. The Morgan fingerprint density at radius 2 is 1.75 bits per heavy atom. The first-order chi connectivity index (χ1) is 9.39. The summed E-state index contributed by atoms with van der Waals surface area (Å²) in [5.74, 6) is -0.882. The van der Waals surface area contributed by atoms with Crippen molar-refractivity contribution in [3.05, 3.63) is 47.5 Å². The zero-order valence-corrected chi connectivity index (χ0v) is 11.8. The monoisotopic (exact) mass is 267 g/mol. The molecule has 2 aromatic carbocycles. The fourth-order valence-corrected chi connectivity index (χ4v) is 2.77. The number of carboxylic acids is 1. The van der Waals surface area contributed by atoms with Crippen LogP contribution in [-0.2, 0) is 5.41 Å². The fourth-order valence-electron chi connectivity index (χ4n) is 2.77. The summed E-state index contributed by atoms with van der Waals surface area (Å²) < 4.78 is 0. The number of aromatic carboxylic acids is 1. The summed E-state index contributed by atoms with van der Waals surface area (Å²) in [6.45, 7) is 6.09. The molecule has 0 aliphatic carbocycles. The second kappa shape index (κ2) is 4.10. The van der Waals surface area contributed by atoms with Gasteiger partial charge < -0.3 is 10.1 Å². The van der Waals surface area contributed by atoms with Gasteiger partial charge in [-0.15, -0.1) is 0 Å². The van der Waals surface area contributed by atoms with E-state index in [-0.39, 0.29) is 5.41 Å². The first kappa shape index (κ1) is 12.7. The highest BCUT2D eigenvalue weighted by Gasteiger charge is 2.25. The van der Waals surface area contributed by atoms with Crippen molar-refractivity contribution in [3.63, 3.8) is 0 Å². The highest BCUT2D eigenvalue weighted by atomic mass is 16.4. The number of carboxylic acid groups (broad SMARTS) is 1. The Bertz CT molecular complexity index is 822. The number of hydrogen-bond acceptors (Lipinski definition) is 1. The van der Waals surface area contributed by atoms with Gasteiger partial charge >= 0.3 is 5.97 Å². The number of aromatic nitrogens is 1. The van der Waals surface area contributed by atoms with Gasteiger partial charge in [-0.05, 0) is 17.0 Å². The van der Waals surface area contributed by atoms with Crippen LogP contribution < -0.4 is 0 Å². The third-order valence-corrected chi connectivity index (χ3v) is 3.70. The Balaban J connectivity index is 2.49. The van der Waals surface area contributed by atoms with E-state index in [1.54, 1.807) is 0 Å². The van der Waals surface area contributed by atoms with Crippen LogP contribution in [0.25, 0.3) is 21.8 Å². The van der Waals surface area contributed by atoms with Crippen molar-refractivity contribution < 1.29 is 9.90 Å². The molecule has 0 spiro atoms. The number of nitrogens with one attached hydrogen (secondary N) is 1. The third-order valence-electron chi connectivity index (χ3n) is 3.70. The van der Waals surface area contributed by atoms with E-state index < -0.39 is 5.97 Å². The summed E-state index contributed by atoms with van der Waals surface area (Å²) in [7, 11) is 0. The van der Waals surface area contributed by atoms with E-state index in [2.05, 4.69) is 4.98 Å². The molecular weight excluding hydrogens is 250 g/mol. The SMILES string of the molecule is CC(C)(C)c1ccc2c([nH]c3ccccc32)c1C(=O)O. The van der Waals surface area contributed by atoms with Crippen LogP contribution in [-0.4, -0.2) is 16.1 Å². The minimum Gasteiger partial charge on any atom is -0.478 e. The van der Waals surface area contributed by atoms with Crippen LogP contribution in [0.15, 0.2) is 36.4 Å². The number of aromatic amines is 1. The summed E-state index contributed by atoms with van der Waals surface area (Å²) in [6, 6.07) is 11.8. The molecule has 2 N–H and O–H groups in total. The summed E-state index contributed by atoms with van der Waals surface area (Å²) in [5, 5.41) is 11.7. The average Bonchev–Trinajstić information content (AvgIpc) is 2.74. The summed E-state index contributed by atoms with van der Waals surface area (Å²) in [4.78, 5) is 15.0. The third kappa shape index (κ3) is 1.78. The van der Waals surface area contributed by atoms with Crippen LogP contribution in [0.4, 0.5) is 0 Å². The molecule has 3 nitrogen and oxygen atoms in total. The van der Waals surface area contributed by atoms with Crippen molar-refractivity contribution in [1.82, 2.24) is 4.98 Å². The first-order valence-corrected chi connectivity index (χ1v) is 6.67. The van der Waals surface area contributed by atoms with Gasteiger partial charge in [-0.1, -0.05) is 51.1 Å². The standard InChI is InChI=1S/C17H17NO2/c1-17(2,3)12-9-8-11-10-6-4-5-7-13(10)18-15(11)14(12)16(19)20/h4-9,18H,1-3H3,(H,19,20). The summed E-state index contributed by atoms with van der Waals surface area (Å²) in [6.07, 6.45) is 0. The van der Waals surface area contributed by atoms with Gasteiger partial charge in [-0.3, -0.25) is 0 Å². The Morgan fingerprint density at radius 1 is 1.05 bits per heavy atom. The minimum absolute atomic E-state index is 0.209. The predicted octanol–water partition coefficient (Wildman–Crippen LogP) is 4.32. The van der Waals surface area contributed by atoms with Gasteiger partial charge in [0.05, 0.1) is 11.1 Å². The lowest BCUT2D eigenvalue weighted by Crippen LogP contribution is -2.17. The van der Waals surface area contributed by atoms with Gasteiger partial charge in [-0.2, -0.15) is 0 Å². The molecule has 20 heavy (non-hydrogen) atoms. The van der Waals surface area contributed by atoms with E-state index in [0.29, 0.717) is 11.1 Å². The molecule has 0 aliphatic rings. The molecule has 0 atom stereocenters. The lowest BCUT2D eigenvalue weighted by molar-refractivity contribution is 0.0696. The Labute approximate surface area is 117 Å². The summed E-state index contributed by atoms with van der Waals surface area (Å²) in [5.41, 5.74) is 2.71. The van der Waals surface area contributed by atoms with E-state index in [4.69, 9.17) is 0 Å². The average molecular weight is 267 g/mol. The van der Waals surface area contributed by atoms with Crippen LogP contribution in [0.5, 0.6) is 0 Å². The molecule has 0 fully saturated rings. The zero-order valence-electron chi connectivity index (χ0n) is 11.8. The maximum absolute atomic E-state index is 11.7. The van der Waals surface area contributed by atoms with Crippen LogP contribution in [0.3, 0.4) is 0 Å². The zero-order chi connectivity index (χ0) is 14.5. The molecular formula is C17H17NO2. The number of H-pyrrole nitrogens is 1. The van der Waals surface area contributed by atoms with Crippen LogP contribution >= 0.6 is 0 Å². The van der Waals surface area contributed by atoms with E-state index in [9.17, 15) is 9.90 Å². The van der Waals surface area contributed by atoms with E-state index in [0.717, 1.165) is 21.9 Å². The first-order valence-electron chi connectivity index (χ1n) is 6.67. The molecule has 3 heteroatoms. The Hall–Kier alpha value is -2.29. The van der Waals surface area contributed by atoms with Crippen LogP contribution in [0.1, 0.15) is 36.7 Å². The lowest BCUT2D eigenvalue weighted by Gasteiger charge is -2.21. The highest BCUT2D eigenvalue weighted by Crippen LogP contribution is 2.34. The fraction of sp³-hybridized carbons (Fsp3) is 0.235. The molecule has 0 amide bonds. The number of para-hydroxylation sites is 1. The highest BCUT2D eigenvalue weighted by molar-refractivity contribution is 6.14. The molecule has 0 unspecified atom stereocenters. The van der Waals surface area contributed by atoms with Crippen LogP contribution in [0, 0.1) is 0 Å². The molecule has 3 rings (SSSR count). The number of carbonyl (C=O) groups is 1. The predicted molar refractivity (Wildman–Crippen MR) is 81.5 cm³/mol. The van der Waals surface area contributed by atoms with Gasteiger partial charge in [0.15, 0.2) is 0 Å². The van der Waals surface area contributed by atoms with E-state index in [1.807, 2.05) is 57.2 Å². The number of fused-ring (bicyclic) bond motifs is 3. The maximum atomic E-state index is 11.7. The number of benzene rings is 2. The topological polar surface area (TPSA) is 53.1 Å². The molecule has 1 heterocycles. The molecule has 0 bridgehead atoms. The maximum Gasteiger partial charge on any atom is 0.338 e. The summed E-state index contributed by atoms with van der Waals surface area (Å²) >= 11 is 0. The van der Waals surface area contributed by atoms with Gasteiger partial charge in [0.1, 0.15) is 0 Å². The van der Waals surface area contributed by atoms with Crippen molar-refractivity contribution in [2.45, 2.75) is 26.2 Å². The van der Waals surface area contributed by atoms with E-state index in [1.165, 1.54) is 0 Å². The van der Waals surface area contributed by atoms with Crippen molar-refractivity contribution in [1.29, 1.82) is 0 Å². The molecule has 3 aromatic rings. The van der Waals surface area contributed by atoms with Gasteiger partial charge in [0, 0.05) is 16.3 Å². The Morgan fingerprint density at radius 3 is 2.40 bits per heavy atom. The van der Waals surface area contributed by atoms with Crippen molar-refractivity contribution in [2.24, 2.45) is 0 Å². The number of hydrogen-bond donors (Lipinski definition) is 2. The molecule has 0 saturated carbocycles. The number of rotatable bonds is 1. The van der Waals surface area contributed by atoms with Gasteiger partial charge in [-0.25, -0.2) is 4.79 Å². The minimum atomic E-state index is -0.882. The van der Waals surface area contributed by atoms with E-state index >= 15 is 0 Å². The quantitative estimate of drug-likeness (QED) is 0.690. The molecule has 0 aliphatic heterocycles. The van der Waals surface area contributed by atoms with Crippen LogP contribution in [0.2, 0.25) is 0 Å². The van der Waals surface area contributed by atoms with Crippen molar-refractivity contribution >= 4 is 27.8 Å². The molecule has 0 saturated heterocycles. The largest absolute Gasteiger partial charge is 0.478 e. The smallest absolute Gasteiger partial charge is 0.338 e. The second-order valence-corrected chi connectivity index (χ2v) is 6.14. The molecule has 0 radical (unpaired) electrons. The normalized spacial score (nSPS) is 12.2. The van der Waals surface area contributed by atoms with Gasteiger partial charge in [0.2, 0.25) is 0 Å².